The Bertz CT molecular complexity index is 590. The van der Waals surface area contributed by atoms with Gasteiger partial charge in [0.05, 0.1) is 18.7 Å². The molecule has 0 spiro atoms. The summed E-state index contributed by atoms with van der Waals surface area (Å²) in [4.78, 5) is 9.46. The lowest BCUT2D eigenvalue weighted by Gasteiger charge is -2.29. The number of aromatic nitrogens is 1. The Balaban J connectivity index is 1.63. The van der Waals surface area contributed by atoms with Crippen LogP contribution in [0.4, 0.5) is 0 Å². The summed E-state index contributed by atoms with van der Waals surface area (Å²) in [6.45, 7) is 10.4. The molecule has 118 valence electrons. The number of para-hydroxylation sites is 1. The fourth-order valence-electron chi connectivity index (χ4n) is 2.99. The van der Waals surface area contributed by atoms with Gasteiger partial charge in [0, 0.05) is 44.3 Å². The number of hydrogen-bond acceptors (Lipinski definition) is 4. The molecule has 4 heteroatoms. The van der Waals surface area contributed by atoms with E-state index in [1.165, 1.54) is 10.9 Å². The molecule has 0 saturated carbocycles. The van der Waals surface area contributed by atoms with Crippen LogP contribution in [0.25, 0.3) is 10.9 Å². The van der Waals surface area contributed by atoms with Gasteiger partial charge in [0.2, 0.25) is 0 Å². The van der Waals surface area contributed by atoms with Crippen LogP contribution in [0, 0.1) is 0 Å². The Morgan fingerprint density at radius 1 is 1.18 bits per heavy atom. The molecule has 0 amide bonds. The minimum absolute atomic E-state index is 0.876. The molecule has 4 nitrogen and oxygen atoms in total. The van der Waals surface area contributed by atoms with Gasteiger partial charge in [-0.1, -0.05) is 25.1 Å². The SMILES string of the molecule is CCN(CCN1CCOCC1)Cc1ccnc2ccccc12. The van der Waals surface area contributed by atoms with Crippen LogP contribution in [-0.2, 0) is 11.3 Å². The maximum atomic E-state index is 5.41. The quantitative estimate of drug-likeness (QED) is 0.819. The zero-order valence-corrected chi connectivity index (χ0v) is 13.4. The Hall–Kier alpha value is -1.49. The molecular weight excluding hydrogens is 274 g/mol. The van der Waals surface area contributed by atoms with Crippen LogP contribution in [0.15, 0.2) is 36.5 Å². The first-order valence-corrected chi connectivity index (χ1v) is 8.22. The molecule has 1 aromatic carbocycles. The normalized spacial score (nSPS) is 16.5. The summed E-state index contributed by atoms with van der Waals surface area (Å²) in [5, 5.41) is 1.27. The zero-order chi connectivity index (χ0) is 15.2. The zero-order valence-electron chi connectivity index (χ0n) is 13.4. The molecule has 2 heterocycles. The van der Waals surface area contributed by atoms with Crippen LogP contribution in [0.3, 0.4) is 0 Å². The van der Waals surface area contributed by atoms with Crippen LogP contribution < -0.4 is 0 Å². The number of rotatable bonds is 6. The van der Waals surface area contributed by atoms with E-state index in [1.54, 1.807) is 0 Å². The number of ether oxygens (including phenoxy) is 1. The number of morpholine rings is 1. The van der Waals surface area contributed by atoms with Gasteiger partial charge in [0.1, 0.15) is 0 Å². The molecule has 0 bridgehead atoms. The Kier molecular flexibility index (Phi) is 5.38. The molecule has 0 unspecified atom stereocenters. The minimum Gasteiger partial charge on any atom is -0.379 e. The van der Waals surface area contributed by atoms with E-state index in [1.807, 2.05) is 6.20 Å². The molecule has 1 aliphatic heterocycles. The molecular formula is C18H25N3O. The van der Waals surface area contributed by atoms with Crippen molar-refractivity contribution in [1.29, 1.82) is 0 Å². The van der Waals surface area contributed by atoms with E-state index in [0.29, 0.717) is 0 Å². The molecule has 0 atom stereocenters. The molecule has 2 aromatic rings. The number of benzene rings is 1. The predicted octanol–water partition coefficient (Wildman–Crippen LogP) is 2.39. The van der Waals surface area contributed by atoms with Crippen molar-refractivity contribution >= 4 is 10.9 Å². The van der Waals surface area contributed by atoms with E-state index in [-0.39, 0.29) is 0 Å². The highest BCUT2D eigenvalue weighted by Gasteiger charge is 2.12. The first-order chi connectivity index (χ1) is 10.9. The first kappa shape index (κ1) is 15.4. The largest absolute Gasteiger partial charge is 0.379 e. The molecule has 1 aromatic heterocycles. The third-order valence-electron chi connectivity index (χ3n) is 4.42. The van der Waals surface area contributed by atoms with Crippen molar-refractivity contribution < 1.29 is 4.74 Å². The maximum Gasteiger partial charge on any atom is 0.0705 e. The van der Waals surface area contributed by atoms with Crippen molar-refractivity contribution in [2.24, 2.45) is 0 Å². The topological polar surface area (TPSA) is 28.6 Å². The fourth-order valence-corrected chi connectivity index (χ4v) is 2.99. The minimum atomic E-state index is 0.876. The van der Waals surface area contributed by atoms with Crippen molar-refractivity contribution in [3.63, 3.8) is 0 Å². The summed E-state index contributed by atoms with van der Waals surface area (Å²) >= 11 is 0. The van der Waals surface area contributed by atoms with Crippen molar-refractivity contribution in [2.45, 2.75) is 13.5 Å². The number of nitrogens with zero attached hydrogens (tertiary/aromatic N) is 3. The number of fused-ring (bicyclic) bond motifs is 1. The summed E-state index contributed by atoms with van der Waals surface area (Å²) in [6, 6.07) is 10.6. The van der Waals surface area contributed by atoms with Gasteiger partial charge in [-0.3, -0.25) is 14.8 Å². The predicted molar refractivity (Wildman–Crippen MR) is 90.0 cm³/mol. The second kappa shape index (κ2) is 7.68. The molecule has 1 fully saturated rings. The molecule has 0 aliphatic carbocycles. The molecule has 1 aliphatic rings. The van der Waals surface area contributed by atoms with E-state index in [4.69, 9.17) is 4.74 Å². The van der Waals surface area contributed by atoms with Gasteiger partial charge >= 0.3 is 0 Å². The van der Waals surface area contributed by atoms with Crippen molar-refractivity contribution in [3.8, 4) is 0 Å². The van der Waals surface area contributed by atoms with Gasteiger partial charge in [-0.05, 0) is 24.2 Å². The average molecular weight is 299 g/mol. The van der Waals surface area contributed by atoms with Gasteiger partial charge in [0.25, 0.3) is 0 Å². The lowest BCUT2D eigenvalue weighted by atomic mass is 10.1. The number of hydrogen-bond donors (Lipinski definition) is 0. The summed E-state index contributed by atoms with van der Waals surface area (Å²) in [6.07, 6.45) is 1.92. The average Bonchev–Trinajstić information content (AvgIpc) is 2.59. The summed E-state index contributed by atoms with van der Waals surface area (Å²) in [5.74, 6) is 0. The van der Waals surface area contributed by atoms with Crippen LogP contribution in [0.2, 0.25) is 0 Å². The van der Waals surface area contributed by atoms with Gasteiger partial charge < -0.3 is 4.74 Å². The van der Waals surface area contributed by atoms with E-state index in [0.717, 1.165) is 58.0 Å². The second-order valence-electron chi connectivity index (χ2n) is 5.81. The first-order valence-electron chi connectivity index (χ1n) is 8.22. The lowest BCUT2D eigenvalue weighted by Crippen LogP contribution is -2.41. The fraction of sp³-hybridized carbons (Fsp3) is 0.500. The van der Waals surface area contributed by atoms with Gasteiger partial charge in [-0.15, -0.1) is 0 Å². The summed E-state index contributed by atoms with van der Waals surface area (Å²) < 4.78 is 5.41. The van der Waals surface area contributed by atoms with Crippen molar-refractivity contribution in [3.05, 3.63) is 42.1 Å². The van der Waals surface area contributed by atoms with E-state index in [2.05, 4.69) is 52.0 Å². The van der Waals surface area contributed by atoms with E-state index in [9.17, 15) is 0 Å². The van der Waals surface area contributed by atoms with Gasteiger partial charge in [-0.2, -0.15) is 0 Å². The molecule has 1 saturated heterocycles. The van der Waals surface area contributed by atoms with Crippen LogP contribution in [0.1, 0.15) is 12.5 Å². The van der Waals surface area contributed by atoms with Crippen molar-refractivity contribution in [2.75, 3.05) is 45.9 Å². The second-order valence-corrected chi connectivity index (χ2v) is 5.81. The molecule has 0 radical (unpaired) electrons. The standard InChI is InChI=1S/C18H25N3O/c1-2-20(9-10-21-11-13-22-14-12-21)15-16-7-8-19-18-6-4-3-5-17(16)18/h3-8H,2,9-15H2,1H3. The van der Waals surface area contributed by atoms with Gasteiger partial charge in [0.15, 0.2) is 0 Å². The molecule has 0 N–H and O–H groups in total. The highest BCUT2D eigenvalue weighted by molar-refractivity contribution is 5.81. The van der Waals surface area contributed by atoms with Crippen molar-refractivity contribution in [1.82, 2.24) is 14.8 Å². The maximum absolute atomic E-state index is 5.41. The smallest absolute Gasteiger partial charge is 0.0705 e. The monoisotopic (exact) mass is 299 g/mol. The molecule has 3 rings (SSSR count). The van der Waals surface area contributed by atoms with Crippen LogP contribution in [-0.4, -0.2) is 60.7 Å². The van der Waals surface area contributed by atoms with Crippen LogP contribution in [0.5, 0.6) is 0 Å². The Morgan fingerprint density at radius 3 is 2.82 bits per heavy atom. The summed E-state index contributed by atoms with van der Waals surface area (Å²) in [7, 11) is 0. The number of likely N-dealkylation sites (N-methyl/N-ethyl adjacent to an activating group) is 1. The highest BCUT2D eigenvalue weighted by Crippen LogP contribution is 2.17. The van der Waals surface area contributed by atoms with E-state index >= 15 is 0 Å². The summed E-state index contributed by atoms with van der Waals surface area (Å²) in [5.41, 5.74) is 2.46. The lowest BCUT2D eigenvalue weighted by molar-refractivity contribution is 0.0332. The third kappa shape index (κ3) is 3.83. The molecule has 22 heavy (non-hydrogen) atoms. The highest BCUT2D eigenvalue weighted by atomic mass is 16.5. The third-order valence-corrected chi connectivity index (χ3v) is 4.42. The van der Waals surface area contributed by atoms with Gasteiger partial charge in [-0.25, -0.2) is 0 Å². The van der Waals surface area contributed by atoms with Crippen LogP contribution >= 0.6 is 0 Å². The Labute approximate surface area is 132 Å². The number of pyridine rings is 1. The van der Waals surface area contributed by atoms with E-state index < -0.39 is 0 Å². The Morgan fingerprint density at radius 2 is 2.00 bits per heavy atom.